The van der Waals surface area contributed by atoms with Gasteiger partial charge in [0.2, 0.25) is 5.91 Å². The Morgan fingerprint density at radius 1 is 1.17 bits per heavy atom. The van der Waals surface area contributed by atoms with Gasteiger partial charge in [-0.05, 0) is 43.4 Å². The predicted octanol–water partition coefficient (Wildman–Crippen LogP) is 1.39. The van der Waals surface area contributed by atoms with Crippen LogP contribution in [0.4, 0.5) is 0 Å². The molecule has 0 saturated carbocycles. The van der Waals surface area contributed by atoms with Gasteiger partial charge in [0.15, 0.2) is 11.5 Å². The summed E-state index contributed by atoms with van der Waals surface area (Å²) in [7, 11) is 0. The monoisotopic (exact) mass is 320 g/mol. The first-order chi connectivity index (χ1) is 11.1. The fourth-order valence-electron chi connectivity index (χ4n) is 3.01. The van der Waals surface area contributed by atoms with Crippen LogP contribution in [0.2, 0.25) is 0 Å². The van der Waals surface area contributed by atoms with Gasteiger partial charge in [-0.1, -0.05) is 6.07 Å². The highest BCUT2D eigenvalue weighted by Crippen LogP contribution is 2.32. The van der Waals surface area contributed by atoms with Crippen molar-refractivity contribution in [2.24, 2.45) is 11.7 Å². The number of carbonyl (C=O) groups excluding carboxylic acids is 1. The molecule has 1 saturated heterocycles. The number of amides is 1. The second-order valence-corrected chi connectivity index (χ2v) is 6.11. The Morgan fingerprint density at radius 3 is 2.61 bits per heavy atom. The van der Waals surface area contributed by atoms with Crippen LogP contribution in [-0.2, 0) is 9.53 Å². The van der Waals surface area contributed by atoms with Gasteiger partial charge in [-0.3, -0.25) is 4.79 Å². The van der Waals surface area contributed by atoms with Crippen molar-refractivity contribution in [2.45, 2.75) is 31.8 Å². The number of benzene rings is 1. The van der Waals surface area contributed by atoms with Crippen molar-refractivity contribution < 1.29 is 19.0 Å². The van der Waals surface area contributed by atoms with Gasteiger partial charge in [0.25, 0.3) is 0 Å². The first kappa shape index (κ1) is 16.1. The summed E-state index contributed by atoms with van der Waals surface area (Å²) in [5, 5.41) is 3.00. The zero-order valence-corrected chi connectivity index (χ0v) is 13.4. The largest absolute Gasteiger partial charge is 0.486 e. The van der Waals surface area contributed by atoms with E-state index in [1.807, 2.05) is 25.1 Å². The molecule has 2 aliphatic heterocycles. The fraction of sp³-hybridized carbons (Fsp3) is 0.588. The lowest BCUT2D eigenvalue weighted by atomic mass is 9.91. The van der Waals surface area contributed by atoms with Crippen molar-refractivity contribution in [3.63, 3.8) is 0 Å². The van der Waals surface area contributed by atoms with Crippen molar-refractivity contribution in [3.8, 4) is 11.5 Å². The zero-order chi connectivity index (χ0) is 16.2. The highest BCUT2D eigenvalue weighted by Gasteiger charge is 2.27. The third kappa shape index (κ3) is 3.76. The second-order valence-electron chi connectivity index (χ2n) is 6.11. The van der Waals surface area contributed by atoms with Crippen molar-refractivity contribution >= 4 is 5.91 Å². The summed E-state index contributed by atoms with van der Waals surface area (Å²) in [5.74, 6) is 1.55. The summed E-state index contributed by atoms with van der Waals surface area (Å²) in [5.41, 5.74) is 7.09. The molecule has 2 heterocycles. The van der Waals surface area contributed by atoms with Gasteiger partial charge in [-0.25, -0.2) is 0 Å². The Labute approximate surface area is 136 Å². The minimum atomic E-state index is -0.487. The molecule has 0 aliphatic carbocycles. The van der Waals surface area contributed by atoms with Crippen LogP contribution in [0, 0.1) is 5.92 Å². The van der Waals surface area contributed by atoms with E-state index >= 15 is 0 Å². The summed E-state index contributed by atoms with van der Waals surface area (Å²) >= 11 is 0. The minimum Gasteiger partial charge on any atom is -0.486 e. The van der Waals surface area contributed by atoms with E-state index in [0.717, 1.165) is 29.9 Å². The summed E-state index contributed by atoms with van der Waals surface area (Å²) in [6, 6.07) is 5.12. The number of fused-ring (bicyclic) bond motifs is 1. The average molecular weight is 320 g/mol. The third-order valence-corrected chi connectivity index (χ3v) is 4.50. The van der Waals surface area contributed by atoms with Crippen LogP contribution in [0.15, 0.2) is 18.2 Å². The maximum atomic E-state index is 12.4. The van der Waals surface area contributed by atoms with Crippen molar-refractivity contribution in [3.05, 3.63) is 23.8 Å². The molecule has 0 aromatic heterocycles. The van der Waals surface area contributed by atoms with Crippen LogP contribution in [0.1, 0.15) is 31.4 Å². The van der Waals surface area contributed by atoms with Crippen molar-refractivity contribution in [1.82, 2.24) is 5.32 Å². The number of nitrogens with two attached hydrogens (primary N) is 1. The lowest BCUT2D eigenvalue weighted by molar-refractivity contribution is -0.125. The van der Waals surface area contributed by atoms with Crippen molar-refractivity contribution in [1.29, 1.82) is 0 Å². The lowest BCUT2D eigenvalue weighted by Gasteiger charge is -2.28. The molecule has 6 nitrogen and oxygen atoms in total. The number of nitrogens with one attached hydrogen (secondary N) is 1. The van der Waals surface area contributed by atoms with Gasteiger partial charge >= 0.3 is 0 Å². The third-order valence-electron chi connectivity index (χ3n) is 4.50. The van der Waals surface area contributed by atoms with Crippen LogP contribution >= 0.6 is 0 Å². The van der Waals surface area contributed by atoms with Crippen molar-refractivity contribution in [2.75, 3.05) is 26.4 Å². The van der Waals surface area contributed by atoms with Crippen LogP contribution < -0.4 is 20.5 Å². The first-order valence-corrected chi connectivity index (χ1v) is 8.18. The summed E-state index contributed by atoms with van der Waals surface area (Å²) < 4.78 is 16.4. The molecular formula is C17H24N2O4. The highest BCUT2D eigenvalue weighted by molar-refractivity contribution is 5.82. The maximum absolute atomic E-state index is 12.4. The molecule has 126 valence electrons. The van der Waals surface area contributed by atoms with Gasteiger partial charge in [-0.15, -0.1) is 0 Å². The molecule has 1 aromatic carbocycles. The molecule has 0 spiro atoms. The van der Waals surface area contributed by atoms with Crippen LogP contribution in [0.25, 0.3) is 0 Å². The van der Waals surface area contributed by atoms with E-state index in [2.05, 4.69) is 5.32 Å². The number of ether oxygens (including phenoxy) is 3. The Kier molecular flexibility index (Phi) is 5.03. The zero-order valence-electron chi connectivity index (χ0n) is 13.4. The molecular weight excluding hydrogens is 296 g/mol. The van der Waals surface area contributed by atoms with E-state index < -0.39 is 6.04 Å². The summed E-state index contributed by atoms with van der Waals surface area (Å²) in [6.45, 7) is 4.43. The normalized spacial score (nSPS) is 20.6. The minimum absolute atomic E-state index is 0.112. The Balaban J connectivity index is 1.61. The molecule has 3 rings (SSSR count). The van der Waals surface area contributed by atoms with E-state index in [1.165, 1.54) is 0 Å². The van der Waals surface area contributed by atoms with Gasteiger partial charge in [0.05, 0.1) is 12.1 Å². The molecule has 1 fully saturated rings. The second kappa shape index (κ2) is 7.19. The van der Waals surface area contributed by atoms with Gasteiger partial charge in [0.1, 0.15) is 13.2 Å². The maximum Gasteiger partial charge on any atom is 0.237 e. The van der Waals surface area contributed by atoms with E-state index in [-0.39, 0.29) is 17.9 Å². The first-order valence-electron chi connectivity index (χ1n) is 8.18. The Bertz CT molecular complexity index is 558. The molecule has 6 heteroatoms. The predicted molar refractivity (Wildman–Crippen MR) is 85.5 cm³/mol. The average Bonchev–Trinajstić information content (AvgIpc) is 2.61. The topological polar surface area (TPSA) is 82.8 Å². The molecule has 1 aromatic rings. The Morgan fingerprint density at radius 2 is 1.87 bits per heavy atom. The molecule has 2 unspecified atom stereocenters. The van der Waals surface area contributed by atoms with E-state index in [9.17, 15) is 4.79 Å². The standard InChI is InChI=1S/C17H24N2O4/c1-11(13-2-3-14-15(10-13)23-9-8-22-14)19-17(20)16(18)12-4-6-21-7-5-12/h2-3,10-12,16H,4-9,18H2,1H3,(H,19,20). The molecule has 1 amide bonds. The quantitative estimate of drug-likeness (QED) is 0.876. The van der Waals surface area contributed by atoms with Gasteiger partial charge in [0, 0.05) is 13.2 Å². The highest BCUT2D eigenvalue weighted by atomic mass is 16.6. The number of hydrogen-bond donors (Lipinski definition) is 2. The van der Waals surface area contributed by atoms with Gasteiger partial charge < -0.3 is 25.3 Å². The van der Waals surface area contributed by atoms with E-state index in [4.69, 9.17) is 19.9 Å². The summed E-state index contributed by atoms with van der Waals surface area (Å²) in [4.78, 5) is 12.4. The fourth-order valence-corrected chi connectivity index (χ4v) is 3.01. The molecule has 0 bridgehead atoms. The number of hydrogen-bond acceptors (Lipinski definition) is 5. The molecule has 3 N–H and O–H groups in total. The molecule has 0 radical (unpaired) electrons. The van der Waals surface area contributed by atoms with E-state index in [1.54, 1.807) is 0 Å². The number of carbonyl (C=O) groups is 1. The van der Waals surface area contributed by atoms with Crippen LogP contribution in [0.3, 0.4) is 0 Å². The Hall–Kier alpha value is -1.79. The van der Waals surface area contributed by atoms with Gasteiger partial charge in [-0.2, -0.15) is 0 Å². The molecule has 2 atom stereocenters. The number of rotatable bonds is 4. The summed E-state index contributed by atoms with van der Waals surface area (Å²) in [6.07, 6.45) is 1.68. The van der Waals surface area contributed by atoms with Crippen LogP contribution in [-0.4, -0.2) is 38.4 Å². The SMILES string of the molecule is CC(NC(=O)C(N)C1CCOCC1)c1ccc2c(c1)OCCO2. The smallest absolute Gasteiger partial charge is 0.237 e. The van der Waals surface area contributed by atoms with Crippen LogP contribution in [0.5, 0.6) is 11.5 Å². The molecule has 23 heavy (non-hydrogen) atoms. The lowest BCUT2D eigenvalue weighted by Crippen LogP contribution is -2.47. The molecule has 2 aliphatic rings. The van der Waals surface area contributed by atoms with E-state index in [0.29, 0.717) is 26.4 Å².